The van der Waals surface area contributed by atoms with Crippen molar-refractivity contribution in [2.24, 2.45) is 0 Å². The molecule has 33 heavy (non-hydrogen) atoms. The van der Waals surface area contributed by atoms with Crippen molar-refractivity contribution in [2.45, 2.75) is 6.10 Å². The van der Waals surface area contributed by atoms with Crippen LogP contribution in [0, 0.1) is 0 Å². The first kappa shape index (κ1) is 22.1. The van der Waals surface area contributed by atoms with Gasteiger partial charge < -0.3 is 19.9 Å². The van der Waals surface area contributed by atoms with E-state index >= 15 is 0 Å². The average molecular weight is 444 g/mol. The molecule has 0 fully saturated rings. The standard InChI is InChI=1S/C26H25N3O4/c1-32-21-12-8-18(9-13-21)24-16-23(28-29(24)20-6-4-3-5-7-20)26(31)27-17-25(30)19-10-14-22(33-2)15-11-19/h3-16,25,30H,17H2,1-2H3,(H,27,31). The van der Waals surface area contributed by atoms with Gasteiger partial charge in [0, 0.05) is 12.1 Å². The van der Waals surface area contributed by atoms with Crippen LogP contribution >= 0.6 is 0 Å². The van der Waals surface area contributed by atoms with Crippen molar-refractivity contribution in [1.29, 1.82) is 0 Å². The summed E-state index contributed by atoms with van der Waals surface area (Å²) in [6.45, 7) is 0.0568. The number of nitrogens with one attached hydrogen (secondary N) is 1. The molecular formula is C26H25N3O4. The van der Waals surface area contributed by atoms with Gasteiger partial charge in [-0.25, -0.2) is 4.68 Å². The number of hydrogen-bond donors (Lipinski definition) is 2. The molecule has 0 aliphatic heterocycles. The Morgan fingerprint density at radius 2 is 1.55 bits per heavy atom. The highest BCUT2D eigenvalue weighted by Crippen LogP contribution is 2.26. The monoisotopic (exact) mass is 443 g/mol. The normalized spacial score (nSPS) is 11.6. The number of methoxy groups -OCH3 is 2. The van der Waals surface area contributed by atoms with Gasteiger partial charge >= 0.3 is 0 Å². The third-order valence-electron chi connectivity index (χ3n) is 5.29. The summed E-state index contributed by atoms with van der Waals surface area (Å²) < 4.78 is 12.1. The Morgan fingerprint density at radius 1 is 0.939 bits per heavy atom. The van der Waals surface area contributed by atoms with Crippen molar-refractivity contribution >= 4 is 5.91 Å². The number of aliphatic hydroxyl groups excluding tert-OH is 1. The van der Waals surface area contributed by atoms with Gasteiger partial charge in [-0.3, -0.25) is 4.79 Å². The third-order valence-corrected chi connectivity index (χ3v) is 5.29. The Kier molecular flexibility index (Phi) is 6.71. The van der Waals surface area contributed by atoms with E-state index in [1.54, 1.807) is 49.2 Å². The fourth-order valence-electron chi connectivity index (χ4n) is 3.45. The van der Waals surface area contributed by atoms with Crippen LogP contribution in [0.2, 0.25) is 0 Å². The largest absolute Gasteiger partial charge is 0.497 e. The van der Waals surface area contributed by atoms with Crippen molar-refractivity contribution in [3.63, 3.8) is 0 Å². The summed E-state index contributed by atoms with van der Waals surface area (Å²) in [4.78, 5) is 12.9. The smallest absolute Gasteiger partial charge is 0.271 e. The second-order valence-corrected chi connectivity index (χ2v) is 7.39. The molecule has 7 nitrogen and oxygen atoms in total. The molecule has 1 unspecified atom stereocenters. The van der Waals surface area contributed by atoms with Crippen molar-refractivity contribution in [2.75, 3.05) is 20.8 Å². The molecule has 0 bridgehead atoms. The Balaban J connectivity index is 1.56. The van der Waals surface area contributed by atoms with Crippen molar-refractivity contribution in [3.8, 4) is 28.4 Å². The van der Waals surface area contributed by atoms with Crippen LogP contribution in [0.15, 0.2) is 84.9 Å². The number of hydrogen-bond acceptors (Lipinski definition) is 5. The van der Waals surface area contributed by atoms with Crippen molar-refractivity contribution < 1.29 is 19.4 Å². The first-order valence-corrected chi connectivity index (χ1v) is 10.5. The molecule has 1 amide bonds. The van der Waals surface area contributed by atoms with Gasteiger partial charge in [0.25, 0.3) is 5.91 Å². The lowest BCUT2D eigenvalue weighted by Crippen LogP contribution is -2.28. The molecule has 0 radical (unpaired) electrons. The number of ether oxygens (including phenoxy) is 2. The number of amides is 1. The summed E-state index contributed by atoms with van der Waals surface area (Å²) in [5.41, 5.74) is 3.44. The van der Waals surface area contributed by atoms with Crippen LogP contribution in [0.3, 0.4) is 0 Å². The minimum atomic E-state index is -0.850. The van der Waals surface area contributed by atoms with Gasteiger partial charge in [0.2, 0.25) is 0 Å². The first-order valence-electron chi connectivity index (χ1n) is 10.5. The Bertz CT molecular complexity index is 1200. The maximum atomic E-state index is 12.9. The Morgan fingerprint density at radius 3 is 2.15 bits per heavy atom. The molecule has 4 rings (SSSR count). The molecule has 1 atom stereocenters. The number of aliphatic hydroxyl groups is 1. The molecule has 1 heterocycles. The van der Waals surface area contributed by atoms with Gasteiger partial charge in [0.05, 0.1) is 31.7 Å². The maximum Gasteiger partial charge on any atom is 0.271 e. The van der Waals surface area contributed by atoms with E-state index in [-0.39, 0.29) is 18.1 Å². The van der Waals surface area contributed by atoms with E-state index in [4.69, 9.17) is 9.47 Å². The molecule has 4 aromatic rings. The number of rotatable bonds is 8. The summed E-state index contributed by atoms with van der Waals surface area (Å²) in [7, 11) is 3.20. The summed E-state index contributed by atoms with van der Waals surface area (Å²) in [5, 5.41) is 17.8. The Labute approximate surface area is 192 Å². The van der Waals surface area contributed by atoms with Gasteiger partial charge in [-0.05, 0) is 60.2 Å². The highest BCUT2D eigenvalue weighted by Gasteiger charge is 2.18. The van der Waals surface area contributed by atoms with Gasteiger partial charge in [0.15, 0.2) is 5.69 Å². The number of carbonyl (C=O) groups is 1. The SMILES string of the molecule is COc1ccc(-c2cc(C(=O)NCC(O)c3ccc(OC)cc3)nn2-c2ccccc2)cc1. The zero-order valence-electron chi connectivity index (χ0n) is 18.4. The lowest BCUT2D eigenvalue weighted by atomic mass is 10.1. The quantitative estimate of drug-likeness (QED) is 0.430. The second kappa shape index (κ2) is 10.0. The number of para-hydroxylation sites is 1. The van der Waals surface area contributed by atoms with E-state index in [1.165, 1.54) is 0 Å². The van der Waals surface area contributed by atoms with Crippen LogP contribution in [0.25, 0.3) is 16.9 Å². The van der Waals surface area contributed by atoms with E-state index in [0.717, 1.165) is 22.7 Å². The summed E-state index contributed by atoms with van der Waals surface area (Å²) in [6, 6.07) is 26.0. The predicted octanol–water partition coefficient (Wildman–Crippen LogP) is 4.02. The molecule has 0 aliphatic rings. The molecule has 7 heteroatoms. The van der Waals surface area contributed by atoms with Gasteiger partial charge in [-0.15, -0.1) is 0 Å². The predicted molar refractivity (Wildman–Crippen MR) is 126 cm³/mol. The van der Waals surface area contributed by atoms with Crippen LogP contribution in [0.1, 0.15) is 22.2 Å². The number of carbonyl (C=O) groups excluding carboxylic acids is 1. The average Bonchev–Trinajstić information content (AvgIpc) is 3.33. The van der Waals surface area contributed by atoms with E-state index in [1.807, 2.05) is 54.6 Å². The minimum absolute atomic E-state index is 0.0568. The highest BCUT2D eigenvalue weighted by atomic mass is 16.5. The second-order valence-electron chi connectivity index (χ2n) is 7.39. The van der Waals surface area contributed by atoms with Gasteiger partial charge in [-0.2, -0.15) is 5.10 Å². The van der Waals surface area contributed by atoms with Crippen LogP contribution in [-0.4, -0.2) is 41.6 Å². The van der Waals surface area contributed by atoms with Crippen LogP contribution < -0.4 is 14.8 Å². The molecule has 1 aromatic heterocycles. The van der Waals surface area contributed by atoms with Crippen LogP contribution in [-0.2, 0) is 0 Å². The van der Waals surface area contributed by atoms with Crippen molar-refractivity contribution in [3.05, 3.63) is 96.2 Å². The van der Waals surface area contributed by atoms with Crippen molar-refractivity contribution in [1.82, 2.24) is 15.1 Å². The minimum Gasteiger partial charge on any atom is -0.497 e. The third kappa shape index (κ3) is 5.05. The highest BCUT2D eigenvalue weighted by molar-refractivity contribution is 5.93. The molecule has 0 aliphatic carbocycles. The summed E-state index contributed by atoms with van der Waals surface area (Å²) in [6.07, 6.45) is -0.850. The van der Waals surface area contributed by atoms with E-state index in [0.29, 0.717) is 11.3 Å². The molecule has 0 spiro atoms. The lowest BCUT2D eigenvalue weighted by molar-refractivity contribution is 0.0911. The van der Waals surface area contributed by atoms with Gasteiger partial charge in [-0.1, -0.05) is 30.3 Å². The number of aromatic nitrogens is 2. The molecule has 2 N–H and O–H groups in total. The fourth-order valence-corrected chi connectivity index (χ4v) is 3.45. The molecule has 0 saturated heterocycles. The number of nitrogens with zero attached hydrogens (tertiary/aromatic N) is 2. The Hall–Kier alpha value is -4.10. The van der Waals surface area contributed by atoms with Gasteiger partial charge in [0.1, 0.15) is 11.5 Å². The van der Waals surface area contributed by atoms with E-state index in [9.17, 15) is 9.90 Å². The zero-order valence-corrected chi connectivity index (χ0v) is 18.4. The van der Waals surface area contributed by atoms with E-state index < -0.39 is 6.10 Å². The summed E-state index contributed by atoms with van der Waals surface area (Å²) >= 11 is 0. The molecular weight excluding hydrogens is 418 g/mol. The molecule has 3 aromatic carbocycles. The fraction of sp³-hybridized carbons (Fsp3) is 0.154. The lowest BCUT2D eigenvalue weighted by Gasteiger charge is -2.12. The van der Waals surface area contributed by atoms with Crippen LogP contribution in [0.4, 0.5) is 0 Å². The summed E-state index contributed by atoms with van der Waals surface area (Å²) in [5.74, 6) is 1.08. The van der Waals surface area contributed by atoms with E-state index in [2.05, 4.69) is 10.4 Å². The first-order chi connectivity index (χ1) is 16.1. The molecule has 168 valence electrons. The topological polar surface area (TPSA) is 85.6 Å². The zero-order chi connectivity index (χ0) is 23.2. The van der Waals surface area contributed by atoms with Crippen LogP contribution in [0.5, 0.6) is 11.5 Å². The number of benzene rings is 3. The maximum absolute atomic E-state index is 12.9. The molecule has 0 saturated carbocycles.